The molecule has 1 amide bonds. The zero-order chi connectivity index (χ0) is 22.8. The van der Waals surface area contributed by atoms with E-state index in [9.17, 15) is 26.4 Å². The van der Waals surface area contributed by atoms with Crippen LogP contribution in [0.15, 0.2) is 48.5 Å². The number of alkyl halides is 3. The molecule has 0 N–H and O–H groups in total. The lowest BCUT2D eigenvalue weighted by Crippen LogP contribution is -2.32. The Labute approximate surface area is 177 Å². The first-order valence-electron chi connectivity index (χ1n) is 9.12. The fourth-order valence-electron chi connectivity index (χ4n) is 3.30. The van der Waals surface area contributed by atoms with Gasteiger partial charge >= 0.3 is 15.6 Å². The molecule has 2 atom stereocenters. The minimum atomic E-state index is -5.85. The summed E-state index contributed by atoms with van der Waals surface area (Å²) >= 11 is 0. The van der Waals surface area contributed by atoms with Crippen LogP contribution in [0.25, 0.3) is 0 Å². The highest BCUT2D eigenvalue weighted by atomic mass is 32.2. The summed E-state index contributed by atoms with van der Waals surface area (Å²) in [5.41, 5.74) is -4.34. The molecule has 0 bridgehead atoms. The van der Waals surface area contributed by atoms with Crippen molar-refractivity contribution in [2.45, 2.75) is 24.1 Å². The molecule has 2 aromatic carbocycles. The molecule has 0 radical (unpaired) electrons. The Morgan fingerprint density at radius 1 is 1.06 bits per heavy atom. The summed E-state index contributed by atoms with van der Waals surface area (Å²) in [4.78, 5) is 14.0. The van der Waals surface area contributed by atoms with Crippen LogP contribution in [0.2, 0.25) is 0 Å². The van der Waals surface area contributed by atoms with Gasteiger partial charge in [0.05, 0.1) is 6.54 Å². The Balaban J connectivity index is 2.00. The Bertz CT molecular complexity index is 1040. The molecular weight excluding hydrogens is 439 g/mol. The molecule has 0 aromatic heterocycles. The van der Waals surface area contributed by atoms with Crippen LogP contribution >= 0.6 is 0 Å². The van der Waals surface area contributed by atoms with Crippen LogP contribution in [-0.4, -0.2) is 52.8 Å². The first kappa shape index (κ1) is 23.0. The molecule has 1 aliphatic rings. The zero-order valence-corrected chi connectivity index (χ0v) is 17.4. The number of anilines is 1. The Kier molecular flexibility index (Phi) is 6.58. The molecule has 1 heterocycles. The minimum Gasteiger partial charge on any atom is -0.376 e. The number of hydrogen-bond acceptors (Lipinski definition) is 6. The summed E-state index contributed by atoms with van der Waals surface area (Å²) in [6, 6.07) is 12.6. The summed E-state index contributed by atoms with van der Waals surface area (Å²) in [5.74, 6) is -0.847. The Morgan fingerprint density at radius 3 is 2.29 bits per heavy atom. The number of hydrogen-bond donors (Lipinski definition) is 0. The van der Waals surface area contributed by atoms with Crippen molar-refractivity contribution in [3.63, 3.8) is 0 Å². The van der Waals surface area contributed by atoms with E-state index >= 15 is 0 Å². The third-order valence-electron chi connectivity index (χ3n) is 4.84. The second-order valence-corrected chi connectivity index (χ2v) is 8.35. The van der Waals surface area contributed by atoms with E-state index in [1.807, 2.05) is 0 Å². The predicted molar refractivity (Wildman–Crippen MR) is 105 cm³/mol. The molecule has 31 heavy (non-hydrogen) atoms. The lowest BCUT2D eigenvalue weighted by Gasteiger charge is -2.19. The van der Waals surface area contributed by atoms with Crippen LogP contribution in [0.4, 0.5) is 18.9 Å². The molecule has 2 aromatic rings. The van der Waals surface area contributed by atoms with Crippen molar-refractivity contribution in [3.05, 3.63) is 59.7 Å². The van der Waals surface area contributed by atoms with E-state index in [0.717, 1.165) is 6.07 Å². The van der Waals surface area contributed by atoms with Crippen molar-refractivity contribution in [3.8, 4) is 5.75 Å². The number of carbonyl (C=O) groups excluding carboxylic acids is 1. The fraction of sp³-hybridized carbons (Fsp3) is 0.350. The maximum absolute atomic E-state index is 12.8. The monoisotopic (exact) mass is 459 g/mol. The third-order valence-corrected chi connectivity index (χ3v) is 5.81. The molecule has 168 valence electrons. The van der Waals surface area contributed by atoms with Crippen molar-refractivity contribution in [2.75, 3.05) is 25.7 Å². The number of carbonyl (C=O) groups is 1. The van der Waals surface area contributed by atoms with Crippen LogP contribution < -0.4 is 9.08 Å². The largest absolute Gasteiger partial charge is 0.534 e. The molecule has 7 nitrogen and oxygen atoms in total. The van der Waals surface area contributed by atoms with E-state index in [4.69, 9.17) is 9.47 Å². The van der Waals surface area contributed by atoms with E-state index in [1.54, 1.807) is 30.3 Å². The van der Waals surface area contributed by atoms with Gasteiger partial charge in [-0.05, 0) is 23.8 Å². The molecule has 1 saturated heterocycles. The van der Waals surface area contributed by atoms with E-state index in [1.165, 1.54) is 31.3 Å². The van der Waals surface area contributed by atoms with Crippen LogP contribution in [0.3, 0.4) is 0 Å². The number of benzene rings is 2. The van der Waals surface area contributed by atoms with Gasteiger partial charge in [0.25, 0.3) is 5.91 Å². The second-order valence-electron chi connectivity index (χ2n) is 6.82. The molecule has 0 saturated carbocycles. The normalized spacial score (nSPS) is 19.6. The quantitative estimate of drug-likeness (QED) is 0.468. The number of amides is 1. The molecule has 1 aliphatic heterocycles. The zero-order valence-electron chi connectivity index (χ0n) is 16.6. The maximum atomic E-state index is 12.8. The summed E-state index contributed by atoms with van der Waals surface area (Å²) in [6.07, 6.45) is -1.28. The number of methoxy groups -OCH3 is 2. The Morgan fingerprint density at radius 2 is 1.74 bits per heavy atom. The number of nitrogens with zero attached hydrogens (tertiary/aromatic N) is 1. The molecule has 11 heteroatoms. The van der Waals surface area contributed by atoms with Gasteiger partial charge in [0.15, 0.2) is 6.10 Å². The van der Waals surface area contributed by atoms with E-state index in [2.05, 4.69) is 4.18 Å². The highest BCUT2D eigenvalue weighted by Crippen LogP contribution is 2.34. The van der Waals surface area contributed by atoms with Gasteiger partial charge in [-0.1, -0.05) is 30.3 Å². The lowest BCUT2D eigenvalue weighted by molar-refractivity contribution is -0.129. The summed E-state index contributed by atoms with van der Waals surface area (Å²) < 4.78 is 76.4. The highest BCUT2D eigenvalue weighted by molar-refractivity contribution is 7.88. The van der Waals surface area contributed by atoms with E-state index < -0.39 is 33.6 Å². The number of halogens is 3. The molecule has 0 unspecified atom stereocenters. The van der Waals surface area contributed by atoms with Crippen molar-refractivity contribution >= 4 is 21.7 Å². The van der Waals surface area contributed by atoms with Gasteiger partial charge in [0, 0.05) is 31.9 Å². The van der Waals surface area contributed by atoms with E-state index in [-0.39, 0.29) is 24.4 Å². The number of ether oxygens (including phenoxy) is 2. The molecule has 0 aliphatic carbocycles. The predicted octanol–water partition coefficient (Wildman–Crippen LogP) is 2.88. The lowest BCUT2D eigenvalue weighted by atomic mass is 10.0. The fourth-order valence-corrected chi connectivity index (χ4v) is 3.79. The first-order valence-corrected chi connectivity index (χ1v) is 10.5. The SMILES string of the molecule is CO[C@@H]1CN(c2ccc(OS(=O)(=O)C(F)(F)F)c(Cc3ccccc3)c2)C(=O)[C@@H]1OC. The van der Waals surface area contributed by atoms with Crippen molar-refractivity contribution in [1.29, 1.82) is 0 Å². The van der Waals surface area contributed by atoms with Gasteiger partial charge in [-0.25, -0.2) is 0 Å². The molecule has 1 fully saturated rings. The summed E-state index contributed by atoms with van der Waals surface area (Å²) in [7, 11) is -3.04. The van der Waals surface area contributed by atoms with E-state index in [0.29, 0.717) is 11.3 Å². The van der Waals surface area contributed by atoms with Crippen LogP contribution in [0, 0.1) is 0 Å². The van der Waals surface area contributed by atoms with Gasteiger partial charge in [0.1, 0.15) is 11.9 Å². The Hall–Kier alpha value is -2.63. The van der Waals surface area contributed by atoms with Gasteiger partial charge in [-0.15, -0.1) is 0 Å². The standard InChI is InChI=1S/C20H20F3NO6S/c1-28-17-12-24(19(25)18(17)29-2)15-8-9-16(30-31(26,27)20(21,22)23)14(11-15)10-13-6-4-3-5-7-13/h3-9,11,17-18H,10,12H2,1-2H3/t17-,18-/m1/s1. The van der Waals surface area contributed by atoms with Crippen LogP contribution in [0.1, 0.15) is 11.1 Å². The second kappa shape index (κ2) is 8.85. The van der Waals surface area contributed by atoms with Gasteiger partial charge in [-0.2, -0.15) is 21.6 Å². The molecule has 0 spiro atoms. The molecule has 3 rings (SSSR count). The smallest absolute Gasteiger partial charge is 0.376 e. The van der Waals surface area contributed by atoms with Crippen molar-refractivity contribution in [1.82, 2.24) is 0 Å². The van der Waals surface area contributed by atoms with Gasteiger partial charge in [-0.3, -0.25) is 4.79 Å². The van der Waals surface area contributed by atoms with Crippen LogP contribution in [0.5, 0.6) is 5.75 Å². The number of rotatable bonds is 7. The topological polar surface area (TPSA) is 82.1 Å². The molecular formula is C20H20F3NO6S. The van der Waals surface area contributed by atoms with Crippen molar-refractivity contribution in [2.24, 2.45) is 0 Å². The third kappa shape index (κ3) is 4.83. The maximum Gasteiger partial charge on any atom is 0.534 e. The van der Waals surface area contributed by atoms with Crippen molar-refractivity contribution < 1.29 is 40.0 Å². The summed E-state index contributed by atoms with van der Waals surface area (Å²) in [6.45, 7) is 0.166. The highest BCUT2D eigenvalue weighted by Gasteiger charge is 2.49. The summed E-state index contributed by atoms with van der Waals surface area (Å²) in [5, 5.41) is 0. The van der Waals surface area contributed by atoms with Gasteiger partial charge in [0.2, 0.25) is 0 Å². The first-order chi connectivity index (χ1) is 14.6. The van der Waals surface area contributed by atoms with Crippen LogP contribution in [-0.2, 0) is 30.8 Å². The minimum absolute atomic E-state index is 0.0842. The average Bonchev–Trinajstić information content (AvgIpc) is 3.04. The average molecular weight is 459 g/mol. The van der Waals surface area contributed by atoms with Gasteiger partial charge < -0.3 is 18.6 Å².